The van der Waals surface area contributed by atoms with Crippen LogP contribution in [0.5, 0.6) is 5.75 Å². The molecular formula is C17H22N4O2. The fourth-order valence-corrected chi connectivity index (χ4v) is 2.23. The Balaban J connectivity index is 1.42. The molecule has 0 spiro atoms. The Morgan fingerprint density at radius 2 is 2.13 bits per heavy atom. The Morgan fingerprint density at radius 3 is 2.78 bits per heavy atom. The topological polar surface area (TPSA) is 68.2 Å². The predicted molar refractivity (Wildman–Crippen MR) is 88.2 cm³/mol. The summed E-state index contributed by atoms with van der Waals surface area (Å²) in [5.41, 5.74) is 0.771. The van der Waals surface area contributed by atoms with Gasteiger partial charge in [-0.15, -0.1) is 0 Å². The number of ether oxygens (including phenoxy) is 1. The maximum absolute atomic E-state index is 11.8. The van der Waals surface area contributed by atoms with Gasteiger partial charge in [0.05, 0.1) is 6.54 Å². The smallest absolute Gasteiger partial charge is 0.238 e. The predicted octanol–water partition coefficient (Wildman–Crippen LogP) is 1.94. The first-order valence-electron chi connectivity index (χ1n) is 7.90. The average molecular weight is 314 g/mol. The first kappa shape index (κ1) is 15.6. The van der Waals surface area contributed by atoms with Crippen molar-refractivity contribution in [2.45, 2.75) is 19.4 Å². The van der Waals surface area contributed by atoms with Crippen molar-refractivity contribution in [2.75, 3.05) is 18.4 Å². The van der Waals surface area contributed by atoms with Gasteiger partial charge in [0.15, 0.2) is 0 Å². The lowest BCUT2D eigenvalue weighted by Gasteiger charge is -2.09. The van der Waals surface area contributed by atoms with Crippen LogP contribution in [0.25, 0.3) is 0 Å². The van der Waals surface area contributed by atoms with Crippen LogP contribution in [0, 0.1) is 5.92 Å². The van der Waals surface area contributed by atoms with Gasteiger partial charge in [-0.05, 0) is 49.6 Å². The number of carbonyl (C=O) groups excluding carboxylic acids is 1. The molecule has 3 rings (SSSR count). The van der Waals surface area contributed by atoms with Gasteiger partial charge in [-0.25, -0.2) is 4.98 Å². The van der Waals surface area contributed by atoms with E-state index < -0.39 is 0 Å². The molecule has 2 aromatic rings. The van der Waals surface area contributed by atoms with Gasteiger partial charge in [-0.2, -0.15) is 0 Å². The van der Waals surface area contributed by atoms with E-state index in [1.807, 2.05) is 42.1 Å². The van der Waals surface area contributed by atoms with Crippen molar-refractivity contribution >= 4 is 11.6 Å². The van der Waals surface area contributed by atoms with Crippen molar-refractivity contribution in [1.82, 2.24) is 14.9 Å². The van der Waals surface area contributed by atoms with Crippen molar-refractivity contribution in [3.8, 4) is 5.75 Å². The lowest BCUT2D eigenvalue weighted by molar-refractivity contribution is -0.115. The van der Waals surface area contributed by atoms with Crippen LogP contribution >= 0.6 is 0 Å². The van der Waals surface area contributed by atoms with Gasteiger partial charge < -0.3 is 19.9 Å². The second kappa shape index (κ2) is 7.28. The summed E-state index contributed by atoms with van der Waals surface area (Å²) >= 11 is 0. The molecule has 122 valence electrons. The highest BCUT2D eigenvalue weighted by atomic mass is 16.5. The number of nitrogens with zero attached hydrogens (tertiary/aromatic N) is 2. The molecule has 0 radical (unpaired) electrons. The molecule has 1 fully saturated rings. The van der Waals surface area contributed by atoms with Gasteiger partial charge in [0.1, 0.15) is 18.2 Å². The molecule has 0 aliphatic heterocycles. The van der Waals surface area contributed by atoms with Crippen molar-refractivity contribution in [3.63, 3.8) is 0 Å². The number of rotatable bonds is 8. The zero-order valence-corrected chi connectivity index (χ0v) is 13.3. The highest BCUT2D eigenvalue weighted by molar-refractivity contribution is 5.92. The summed E-state index contributed by atoms with van der Waals surface area (Å²) < 4.78 is 7.60. The monoisotopic (exact) mass is 314 g/mol. The average Bonchev–Trinajstić information content (AvgIpc) is 3.27. The van der Waals surface area contributed by atoms with Gasteiger partial charge >= 0.3 is 0 Å². The minimum atomic E-state index is -0.0210. The molecule has 6 heteroatoms. The number of hydrogen-bond donors (Lipinski definition) is 2. The minimum Gasteiger partial charge on any atom is -0.486 e. The fourth-order valence-electron chi connectivity index (χ4n) is 2.23. The summed E-state index contributed by atoms with van der Waals surface area (Å²) in [7, 11) is 1.93. The van der Waals surface area contributed by atoms with Gasteiger partial charge in [0.25, 0.3) is 0 Å². The number of imidazole rings is 1. The molecule has 1 amide bonds. The van der Waals surface area contributed by atoms with Crippen molar-refractivity contribution < 1.29 is 9.53 Å². The van der Waals surface area contributed by atoms with E-state index in [0.717, 1.165) is 29.7 Å². The fraction of sp³-hybridized carbons (Fsp3) is 0.412. The molecule has 0 bridgehead atoms. The maximum Gasteiger partial charge on any atom is 0.238 e. The van der Waals surface area contributed by atoms with Crippen LogP contribution < -0.4 is 15.4 Å². The second-order valence-corrected chi connectivity index (χ2v) is 5.89. The third-order valence-electron chi connectivity index (χ3n) is 3.84. The van der Waals surface area contributed by atoms with E-state index in [1.54, 1.807) is 6.20 Å². The quantitative estimate of drug-likeness (QED) is 0.781. The normalized spacial score (nSPS) is 13.8. The number of nitrogens with one attached hydrogen (secondary N) is 2. The van der Waals surface area contributed by atoms with Crippen molar-refractivity contribution in [3.05, 3.63) is 42.5 Å². The maximum atomic E-state index is 11.8. The Labute approximate surface area is 135 Å². The minimum absolute atomic E-state index is 0.0210. The first-order valence-corrected chi connectivity index (χ1v) is 7.90. The number of benzene rings is 1. The Hall–Kier alpha value is -2.34. The highest BCUT2D eigenvalue weighted by Crippen LogP contribution is 2.27. The summed E-state index contributed by atoms with van der Waals surface area (Å²) in [5, 5.41) is 6.04. The Morgan fingerprint density at radius 1 is 1.35 bits per heavy atom. The molecular weight excluding hydrogens is 292 g/mol. The van der Waals surface area contributed by atoms with E-state index in [1.165, 1.54) is 12.8 Å². The van der Waals surface area contributed by atoms with Crippen molar-refractivity contribution in [2.24, 2.45) is 13.0 Å². The Bertz CT molecular complexity index is 647. The SMILES string of the molecule is Cn1ccnc1COc1ccc(NC(=O)CNCC2CC2)cc1. The van der Waals surface area contributed by atoms with E-state index in [9.17, 15) is 4.79 Å². The van der Waals surface area contributed by atoms with E-state index >= 15 is 0 Å². The van der Waals surface area contributed by atoms with Gasteiger partial charge in [-0.3, -0.25) is 4.79 Å². The molecule has 1 aromatic heterocycles. The summed E-state index contributed by atoms with van der Waals surface area (Å²) in [6.07, 6.45) is 6.20. The van der Waals surface area contributed by atoms with Crippen LogP contribution in [0.1, 0.15) is 18.7 Å². The standard InChI is InChI=1S/C17H22N4O2/c1-21-9-8-19-16(21)12-23-15-6-4-14(5-7-15)20-17(22)11-18-10-13-2-3-13/h4-9,13,18H,2-3,10-12H2,1H3,(H,20,22). The van der Waals surface area contributed by atoms with Crippen molar-refractivity contribution in [1.29, 1.82) is 0 Å². The van der Waals surface area contributed by atoms with Crippen LogP contribution in [-0.4, -0.2) is 28.5 Å². The number of anilines is 1. The molecule has 1 saturated carbocycles. The second-order valence-electron chi connectivity index (χ2n) is 5.89. The van der Waals surface area contributed by atoms with E-state index in [-0.39, 0.29) is 5.91 Å². The molecule has 0 unspecified atom stereocenters. The van der Waals surface area contributed by atoms with Crippen LogP contribution in [0.2, 0.25) is 0 Å². The van der Waals surface area contributed by atoms with Gasteiger partial charge in [0.2, 0.25) is 5.91 Å². The third-order valence-corrected chi connectivity index (χ3v) is 3.84. The molecule has 23 heavy (non-hydrogen) atoms. The van der Waals surface area contributed by atoms with Crippen LogP contribution in [-0.2, 0) is 18.4 Å². The lowest BCUT2D eigenvalue weighted by atomic mass is 10.3. The van der Waals surface area contributed by atoms with Crippen LogP contribution in [0.15, 0.2) is 36.7 Å². The number of hydrogen-bond acceptors (Lipinski definition) is 4. The van der Waals surface area contributed by atoms with E-state index in [2.05, 4.69) is 15.6 Å². The zero-order valence-electron chi connectivity index (χ0n) is 13.3. The van der Waals surface area contributed by atoms with E-state index in [4.69, 9.17) is 4.74 Å². The highest BCUT2D eigenvalue weighted by Gasteiger charge is 2.20. The molecule has 0 atom stereocenters. The Kier molecular flexibility index (Phi) is 4.92. The summed E-state index contributed by atoms with van der Waals surface area (Å²) in [4.78, 5) is 16.0. The molecule has 1 aromatic carbocycles. The van der Waals surface area contributed by atoms with Gasteiger partial charge in [0, 0.05) is 25.1 Å². The number of aryl methyl sites for hydroxylation is 1. The molecule has 6 nitrogen and oxygen atoms in total. The zero-order chi connectivity index (χ0) is 16.1. The number of amides is 1. The number of aromatic nitrogens is 2. The summed E-state index contributed by atoms with van der Waals surface area (Å²) in [6, 6.07) is 7.37. The van der Waals surface area contributed by atoms with Crippen LogP contribution in [0.4, 0.5) is 5.69 Å². The summed E-state index contributed by atoms with van der Waals surface area (Å²) in [6.45, 7) is 1.71. The molecule has 1 heterocycles. The third kappa shape index (κ3) is 4.82. The first-order chi connectivity index (χ1) is 11.2. The van der Waals surface area contributed by atoms with Crippen LogP contribution in [0.3, 0.4) is 0 Å². The van der Waals surface area contributed by atoms with E-state index in [0.29, 0.717) is 13.2 Å². The molecule has 1 aliphatic rings. The largest absolute Gasteiger partial charge is 0.486 e. The number of carbonyl (C=O) groups is 1. The molecule has 2 N–H and O–H groups in total. The molecule has 0 saturated heterocycles. The molecule has 1 aliphatic carbocycles. The summed E-state index contributed by atoms with van der Waals surface area (Å²) in [5.74, 6) is 2.37. The lowest BCUT2D eigenvalue weighted by Crippen LogP contribution is -2.29. The van der Waals surface area contributed by atoms with Gasteiger partial charge in [-0.1, -0.05) is 0 Å².